The molecule has 0 aliphatic rings. The lowest BCUT2D eigenvalue weighted by Gasteiger charge is -2.19. The van der Waals surface area contributed by atoms with Crippen LogP contribution in [0.3, 0.4) is 0 Å². The van der Waals surface area contributed by atoms with Gasteiger partial charge in [-0.1, -0.05) is 0 Å². The first-order valence-electron chi connectivity index (χ1n) is 5.53. The number of rotatable bonds is 5. The highest BCUT2D eigenvalue weighted by Crippen LogP contribution is 2.27. The molecule has 1 N–H and O–H groups in total. The maximum absolute atomic E-state index is 12.3. The van der Waals surface area contributed by atoms with Gasteiger partial charge in [-0.25, -0.2) is 8.42 Å². The van der Waals surface area contributed by atoms with E-state index in [-0.39, 0.29) is 4.90 Å². The third-order valence-electron chi connectivity index (χ3n) is 2.70. The lowest BCUT2D eigenvalue weighted by molar-refractivity contribution is -0.137. The molecule has 0 fully saturated rings. The van der Waals surface area contributed by atoms with E-state index in [9.17, 15) is 13.2 Å². The third kappa shape index (κ3) is 3.24. The topological polar surface area (TPSA) is 83.9 Å². The zero-order chi connectivity index (χ0) is 14.8. The van der Waals surface area contributed by atoms with Gasteiger partial charge in [0.15, 0.2) is 0 Å². The molecule has 0 aliphatic carbocycles. The summed E-state index contributed by atoms with van der Waals surface area (Å²) < 4.78 is 30.5. The van der Waals surface area contributed by atoms with Gasteiger partial charge in [0.1, 0.15) is 12.3 Å². The molecule has 0 saturated carbocycles. The average Bonchev–Trinajstić information content (AvgIpc) is 2.26. The molecule has 19 heavy (non-hydrogen) atoms. The van der Waals surface area contributed by atoms with E-state index < -0.39 is 22.5 Å². The van der Waals surface area contributed by atoms with E-state index in [0.717, 1.165) is 4.31 Å². The summed E-state index contributed by atoms with van der Waals surface area (Å²) in [6.45, 7) is 2.72. The summed E-state index contributed by atoms with van der Waals surface area (Å²) in [6, 6.07) is 3.21. The van der Waals surface area contributed by atoms with Crippen LogP contribution in [0, 0.1) is 13.8 Å². The SMILES string of the molecule is COc1cc(C)c(S(=O)(=O)N(C)CC(=O)O)c(C)c1. The number of ether oxygens (including phenoxy) is 1. The quantitative estimate of drug-likeness (QED) is 0.874. The van der Waals surface area contributed by atoms with Crippen molar-refractivity contribution >= 4 is 16.0 Å². The Morgan fingerprint density at radius 2 is 1.79 bits per heavy atom. The van der Waals surface area contributed by atoms with Gasteiger partial charge < -0.3 is 9.84 Å². The van der Waals surface area contributed by atoms with Crippen LogP contribution in [0.25, 0.3) is 0 Å². The predicted octanol–water partition coefficient (Wildman–Crippen LogP) is 1.02. The number of methoxy groups -OCH3 is 1. The van der Waals surface area contributed by atoms with E-state index in [1.165, 1.54) is 14.2 Å². The molecule has 0 amide bonds. The van der Waals surface area contributed by atoms with Gasteiger partial charge in [-0.2, -0.15) is 4.31 Å². The summed E-state index contributed by atoms with van der Waals surface area (Å²) in [6.07, 6.45) is 0. The second kappa shape index (κ2) is 5.58. The smallest absolute Gasteiger partial charge is 0.318 e. The van der Waals surface area contributed by atoms with Gasteiger partial charge in [0.05, 0.1) is 12.0 Å². The molecular weight excluding hydrogens is 270 g/mol. The Hall–Kier alpha value is -1.60. The summed E-state index contributed by atoms with van der Waals surface area (Å²) in [5, 5.41) is 8.69. The minimum Gasteiger partial charge on any atom is -0.497 e. The molecule has 0 unspecified atom stereocenters. The molecule has 0 radical (unpaired) electrons. The highest BCUT2D eigenvalue weighted by molar-refractivity contribution is 7.89. The summed E-state index contributed by atoms with van der Waals surface area (Å²) in [5.41, 5.74) is 1.04. The molecule has 0 bridgehead atoms. The van der Waals surface area contributed by atoms with Crippen molar-refractivity contribution in [1.82, 2.24) is 4.31 Å². The molecule has 0 atom stereocenters. The van der Waals surface area contributed by atoms with Crippen molar-refractivity contribution in [3.05, 3.63) is 23.3 Å². The van der Waals surface area contributed by atoms with E-state index in [1.807, 2.05) is 0 Å². The summed E-state index contributed by atoms with van der Waals surface area (Å²) in [4.78, 5) is 10.8. The van der Waals surface area contributed by atoms with E-state index in [2.05, 4.69) is 0 Å². The normalized spacial score (nSPS) is 11.6. The first-order chi connectivity index (χ1) is 8.70. The molecule has 0 spiro atoms. The molecule has 0 aliphatic heterocycles. The predicted molar refractivity (Wildman–Crippen MR) is 69.9 cm³/mol. The second-order valence-electron chi connectivity index (χ2n) is 4.25. The van der Waals surface area contributed by atoms with Crippen LogP contribution in [0.15, 0.2) is 17.0 Å². The number of hydrogen-bond donors (Lipinski definition) is 1. The van der Waals surface area contributed by atoms with E-state index in [1.54, 1.807) is 26.0 Å². The minimum absolute atomic E-state index is 0.122. The Bertz CT molecular complexity index is 571. The highest BCUT2D eigenvalue weighted by Gasteiger charge is 2.26. The van der Waals surface area contributed by atoms with Crippen LogP contribution < -0.4 is 4.74 Å². The lowest BCUT2D eigenvalue weighted by Crippen LogP contribution is -2.32. The van der Waals surface area contributed by atoms with E-state index in [0.29, 0.717) is 16.9 Å². The van der Waals surface area contributed by atoms with Crippen LogP contribution in [0.4, 0.5) is 0 Å². The van der Waals surface area contributed by atoms with Gasteiger partial charge in [-0.15, -0.1) is 0 Å². The van der Waals surface area contributed by atoms with Crippen LogP contribution in [0.2, 0.25) is 0 Å². The Balaban J connectivity index is 3.33. The number of benzene rings is 1. The molecule has 7 heteroatoms. The summed E-state index contributed by atoms with van der Waals surface area (Å²) >= 11 is 0. The fourth-order valence-electron chi connectivity index (χ4n) is 1.87. The first-order valence-corrected chi connectivity index (χ1v) is 6.97. The van der Waals surface area contributed by atoms with Gasteiger partial charge in [0.2, 0.25) is 10.0 Å². The van der Waals surface area contributed by atoms with Gasteiger partial charge in [0, 0.05) is 7.05 Å². The van der Waals surface area contributed by atoms with Crippen molar-refractivity contribution in [3.8, 4) is 5.75 Å². The van der Waals surface area contributed by atoms with Crippen LogP contribution in [0.5, 0.6) is 5.75 Å². The fraction of sp³-hybridized carbons (Fsp3) is 0.417. The number of likely N-dealkylation sites (N-methyl/N-ethyl adjacent to an activating group) is 1. The largest absolute Gasteiger partial charge is 0.497 e. The number of nitrogens with zero attached hydrogens (tertiary/aromatic N) is 1. The van der Waals surface area contributed by atoms with Crippen LogP contribution >= 0.6 is 0 Å². The van der Waals surface area contributed by atoms with Crippen molar-refractivity contribution < 1.29 is 23.1 Å². The molecule has 6 nitrogen and oxygen atoms in total. The Kier molecular flexibility index (Phi) is 4.54. The van der Waals surface area contributed by atoms with Gasteiger partial charge in [-0.05, 0) is 37.1 Å². The van der Waals surface area contributed by atoms with Crippen LogP contribution in [0.1, 0.15) is 11.1 Å². The van der Waals surface area contributed by atoms with Crippen LogP contribution in [-0.2, 0) is 14.8 Å². The number of carboxylic acids is 1. The molecular formula is C12H17NO5S. The zero-order valence-corrected chi connectivity index (χ0v) is 12.1. The maximum atomic E-state index is 12.3. The van der Waals surface area contributed by atoms with Crippen LogP contribution in [-0.4, -0.2) is 44.5 Å². The number of carboxylic acid groups (broad SMARTS) is 1. The molecule has 1 aromatic carbocycles. The van der Waals surface area contributed by atoms with Gasteiger partial charge >= 0.3 is 5.97 Å². The number of carbonyl (C=O) groups is 1. The number of aliphatic carboxylic acids is 1. The van der Waals surface area contributed by atoms with Crippen molar-refractivity contribution in [3.63, 3.8) is 0 Å². The minimum atomic E-state index is -3.82. The summed E-state index contributed by atoms with van der Waals surface area (Å²) in [5.74, 6) is -0.635. The molecule has 106 valence electrons. The standard InChI is InChI=1S/C12H17NO5S/c1-8-5-10(18-4)6-9(2)12(8)19(16,17)13(3)7-11(14)15/h5-6H,7H2,1-4H3,(H,14,15). The lowest BCUT2D eigenvalue weighted by atomic mass is 10.1. The van der Waals surface area contributed by atoms with E-state index >= 15 is 0 Å². The molecule has 1 rings (SSSR count). The maximum Gasteiger partial charge on any atom is 0.318 e. The van der Waals surface area contributed by atoms with Gasteiger partial charge in [-0.3, -0.25) is 4.79 Å². The Morgan fingerprint density at radius 3 is 2.16 bits per heavy atom. The third-order valence-corrected chi connectivity index (χ3v) is 4.81. The average molecular weight is 287 g/mol. The van der Waals surface area contributed by atoms with Crippen molar-refractivity contribution in [1.29, 1.82) is 0 Å². The number of hydrogen-bond acceptors (Lipinski definition) is 4. The first kappa shape index (κ1) is 15.5. The Morgan fingerprint density at radius 1 is 1.32 bits per heavy atom. The summed E-state index contributed by atoms with van der Waals surface area (Å²) in [7, 11) is -1.08. The van der Waals surface area contributed by atoms with Crippen molar-refractivity contribution in [2.45, 2.75) is 18.7 Å². The highest BCUT2D eigenvalue weighted by atomic mass is 32.2. The number of sulfonamides is 1. The zero-order valence-electron chi connectivity index (χ0n) is 11.3. The fourth-order valence-corrected chi connectivity index (χ4v) is 3.39. The van der Waals surface area contributed by atoms with Crippen molar-refractivity contribution in [2.75, 3.05) is 20.7 Å². The second-order valence-corrected chi connectivity index (χ2v) is 6.23. The van der Waals surface area contributed by atoms with E-state index in [4.69, 9.17) is 9.84 Å². The monoisotopic (exact) mass is 287 g/mol. The molecule has 0 heterocycles. The number of aryl methyl sites for hydroxylation is 2. The molecule has 0 saturated heterocycles. The Labute approximate surface area is 112 Å². The van der Waals surface area contributed by atoms with Crippen molar-refractivity contribution in [2.24, 2.45) is 0 Å². The molecule has 1 aromatic rings. The van der Waals surface area contributed by atoms with Gasteiger partial charge in [0.25, 0.3) is 0 Å². The molecule has 0 aromatic heterocycles.